The van der Waals surface area contributed by atoms with Crippen molar-refractivity contribution in [3.63, 3.8) is 0 Å². The highest BCUT2D eigenvalue weighted by molar-refractivity contribution is 7.13. The van der Waals surface area contributed by atoms with Crippen LogP contribution in [0.25, 0.3) is 10.4 Å². The summed E-state index contributed by atoms with van der Waals surface area (Å²) >= 11 is 1.68. The first-order valence-corrected chi connectivity index (χ1v) is 13.3. The van der Waals surface area contributed by atoms with Gasteiger partial charge >= 0.3 is 5.97 Å². The van der Waals surface area contributed by atoms with Gasteiger partial charge in [-0.15, -0.1) is 11.3 Å². The Hall–Kier alpha value is -3.75. The second-order valence-electron chi connectivity index (χ2n) is 9.29. The number of thiophene rings is 1. The molecule has 37 heavy (non-hydrogen) atoms. The van der Waals surface area contributed by atoms with Gasteiger partial charge in [0, 0.05) is 36.2 Å². The molecule has 1 fully saturated rings. The number of carbonyl (C=O) groups excluding carboxylic acids is 1. The number of piperidine rings is 1. The molecule has 0 bridgehead atoms. The number of allylic oxidation sites excluding steroid dienone is 1. The summed E-state index contributed by atoms with van der Waals surface area (Å²) in [6.45, 7) is 2.43. The number of benzene rings is 2. The molecule has 3 heterocycles. The van der Waals surface area contributed by atoms with Crippen LogP contribution in [-0.2, 0) is 0 Å². The lowest BCUT2D eigenvalue weighted by Gasteiger charge is -2.36. The number of likely N-dealkylation sites (tertiary alicyclic amines) is 1. The number of aromatic carboxylic acids is 1. The zero-order valence-electron chi connectivity index (χ0n) is 20.4. The van der Waals surface area contributed by atoms with Gasteiger partial charge in [0.25, 0.3) is 5.91 Å². The fraction of sp³-hybridized carbons (Fsp3) is 0.276. The smallest absolute Gasteiger partial charge is 0.335 e. The van der Waals surface area contributed by atoms with E-state index >= 15 is 0 Å². The van der Waals surface area contributed by atoms with Crippen molar-refractivity contribution < 1.29 is 19.4 Å². The minimum atomic E-state index is -0.952. The molecule has 2 aliphatic rings. The molecule has 5 rings (SSSR count). The Labute approximate surface area is 220 Å². The highest BCUT2D eigenvalue weighted by Crippen LogP contribution is 2.26. The van der Waals surface area contributed by atoms with E-state index in [1.54, 1.807) is 41.8 Å². The molecule has 190 valence electrons. The van der Waals surface area contributed by atoms with E-state index in [2.05, 4.69) is 16.3 Å². The summed E-state index contributed by atoms with van der Waals surface area (Å²) in [5.74, 6) is -0.0677. The number of aliphatic imine (C=N–C) groups is 1. The number of hydrogen-bond donors (Lipinski definition) is 2. The van der Waals surface area contributed by atoms with E-state index in [1.807, 2.05) is 41.8 Å². The summed E-state index contributed by atoms with van der Waals surface area (Å²) in [5, 5.41) is 14.1. The number of rotatable bonds is 8. The third-order valence-electron chi connectivity index (χ3n) is 6.78. The van der Waals surface area contributed by atoms with E-state index in [4.69, 9.17) is 14.8 Å². The summed E-state index contributed by atoms with van der Waals surface area (Å²) < 4.78 is 5.87. The number of amides is 1. The van der Waals surface area contributed by atoms with Gasteiger partial charge in [0.15, 0.2) is 0 Å². The Balaban J connectivity index is 1.06. The van der Waals surface area contributed by atoms with Gasteiger partial charge < -0.3 is 15.2 Å². The molecule has 1 saturated heterocycles. The van der Waals surface area contributed by atoms with Crippen LogP contribution < -0.4 is 10.1 Å². The van der Waals surface area contributed by atoms with Crippen molar-refractivity contribution in [2.45, 2.75) is 25.4 Å². The lowest BCUT2D eigenvalue weighted by atomic mass is 9.97. The van der Waals surface area contributed by atoms with Gasteiger partial charge in [-0.25, -0.2) is 4.79 Å². The Bertz CT molecular complexity index is 1290. The number of ether oxygens (including phenoxy) is 1. The van der Waals surface area contributed by atoms with E-state index in [-0.39, 0.29) is 17.6 Å². The Morgan fingerprint density at radius 3 is 2.54 bits per heavy atom. The monoisotopic (exact) mass is 515 g/mol. The molecule has 0 aliphatic carbocycles. The third kappa shape index (κ3) is 6.34. The van der Waals surface area contributed by atoms with Crippen LogP contribution in [0.2, 0.25) is 0 Å². The first-order chi connectivity index (χ1) is 18.0. The Morgan fingerprint density at radius 1 is 1.05 bits per heavy atom. The van der Waals surface area contributed by atoms with Crippen LogP contribution >= 0.6 is 11.3 Å². The van der Waals surface area contributed by atoms with Crippen LogP contribution in [0.4, 0.5) is 0 Å². The minimum absolute atomic E-state index is 0.0832. The van der Waals surface area contributed by atoms with Gasteiger partial charge in [-0.1, -0.05) is 30.3 Å². The first kappa shape index (κ1) is 24.9. The van der Waals surface area contributed by atoms with Gasteiger partial charge in [-0.2, -0.15) is 0 Å². The molecular weight excluding hydrogens is 486 g/mol. The predicted molar refractivity (Wildman–Crippen MR) is 145 cm³/mol. The van der Waals surface area contributed by atoms with Crippen LogP contribution in [0, 0.1) is 5.92 Å². The molecule has 1 amide bonds. The van der Waals surface area contributed by atoms with E-state index in [0.29, 0.717) is 23.8 Å². The molecule has 0 spiro atoms. The van der Waals surface area contributed by atoms with Crippen molar-refractivity contribution in [1.29, 1.82) is 0 Å². The number of nitrogens with one attached hydrogen (secondary N) is 1. The number of dihydropyridines is 1. The highest BCUT2D eigenvalue weighted by Gasteiger charge is 2.26. The topological polar surface area (TPSA) is 91.2 Å². The van der Waals surface area contributed by atoms with Crippen molar-refractivity contribution in [2.75, 3.05) is 19.7 Å². The number of carboxylic acids is 1. The maximum atomic E-state index is 12.7. The highest BCUT2D eigenvalue weighted by atomic mass is 32.1. The molecule has 1 aromatic heterocycles. The van der Waals surface area contributed by atoms with Crippen LogP contribution in [-0.4, -0.2) is 54.0 Å². The lowest BCUT2D eigenvalue weighted by Crippen LogP contribution is -2.42. The minimum Gasteiger partial charge on any atom is -0.493 e. The zero-order chi connectivity index (χ0) is 25.6. The standard InChI is InChI=1S/C29H29N3O4S/c33-28(22-8-6-21(7-9-22)26-5-2-16-37-26)31-24-10-11-27(30-18-24)32-14-12-20(13-15-32)19-36-25-4-1-3-23(17-25)29(34)35/h1-10,16-18,20,27H,11-15,19H2,(H,31,33)(H,34,35). The van der Waals surface area contributed by atoms with Crippen LogP contribution in [0.5, 0.6) is 5.75 Å². The van der Waals surface area contributed by atoms with Crippen molar-refractivity contribution in [3.05, 3.63) is 88.9 Å². The summed E-state index contributed by atoms with van der Waals surface area (Å²) in [6.07, 6.45) is 6.64. The number of hydrogen-bond acceptors (Lipinski definition) is 6. The second-order valence-corrected chi connectivity index (χ2v) is 10.2. The van der Waals surface area contributed by atoms with E-state index < -0.39 is 5.97 Å². The second kappa shape index (κ2) is 11.5. The summed E-state index contributed by atoms with van der Waals surface area (Å²) in [5.41, 5.74) is 2.69. The Morgan fingerprint density at radius 2 is 1.86 bits per heavy atom. The zero-order valence-corrected chi connectivity index (χ0v) is 21.2. The maximum Gasteiger partial charge on any atom is 0.335 e. The third-order valence-corrected chi connectivity index (χ3v) is 7.70. The van der Waals surface area contributed by atoms with Crippen molar-refractivity contribution in [2.24, 2.45) is 10.9 Å². The summed E-state index contributed by atoms with van der Waals surface area (Å²) in [4.78, 5) is 32.1. The molecule has 1 atom stereocenters. The molecule has 2 aliphatic heterocycles. The lowest BCUT2D eigenvalue weighted by molar-refractivity contribution is 0.0695. The SMILES string of the molecule is O=C(O)c1cccc(OCC2CCN(C3CC=C(NC(=O)c4ccc(-c5cccs5)cc4)C=N3)CC2)c1. The molecule has 2 N–H and O–H groups in total. The van der Waals surface area contributed by atoms with Gasteiger partial charge in [0.05, 0.1) is 17.9 Å². The fourth-order valence-electron chi connectivity index (χ4n) is 4.62. The van der Waals surface area contributed by atoms with Crippen LogP contribution in [0.3, 0.4) is 0 Å². The number of nitrogens with zero attached hydrogens (tertiary/aromatic N) is 2. The molecule has 7 nitrogen and oxygen atoms in total. The molecule has 8 heteroatoms. The van der Waals surface area contributed by atoms with E-state index in [1.165, 1.54) is 4.88 Å². The Kier molecular flexibility index (Phi) is 7.77. The first-order valence-electron chi connectivity index (χ1n) is 12.4. The number of carboxylic acid groups (broad SMARTS) is 1. The van der Waals surface area contributed by atoms with Crippen molar-refractivity contribution in [1.82, 2.24) is 10.2 Å². The molecule has 0 saturated carbocycles. The summed E-state index contributed by atoms with van der Waals surface area (Å²) in [7, 11) is 0. The molecular formula is C29H29N3O4S. The van der Waals surface area contributed by atoms with Gasteiger partial charge in [-0.05, 0) is 66.1 Å². The average Bonchev–Trinajstić information content (AvgIpc) is 3.48. The largest absolute Gasteiger partial charge is 0.493 e. The summed E-state index contributed by atoms with van der Waals surface area (Å²) in [6, 6.07) is 18.4. The van der Waals surface area contributed by atoms with Crippen LogP contribution in [0.1, 0.15) is 40.0 Å². The average molecular weight is 516 g/mol. The van der Waals surface area contributed by atoms with E-state index in [0.717, 1.165) is 43.6 Å². The van der Waals surface area contributed by atoms with Gasteiger partial charge in [0.1, 0.15) is 11.9 Å². The fourth-order valence-corrected chi connectivity index (χ4v) is 5.35. The van der Waals surface area contributed by atoms with Crippen molar-refractivity contribution >= 4 is 29.4 Å². The predicted octanol–water partition coefficient (Wildman–Crippen LogP) is 5.32. The molecule has 0 radical (unpaired) electrons. The molecule has 1 unspecified atom stereocenters. The van der Waals surface area contributed by atoms with Crippen LogP contribution in [0.15, 0.2) is 82.8 Å². The molecule has 2 aromatic carbocycles. The number of carbonyl (C=O) groups is 2. The maximum absolute atomic E-state index is 12.7. The normalized spacial score (nSPS) is 18.3. The van der Waals surface area contributed by atoms with Gasteiger partial charge in [-0.3, -0.25) is 14.7 Å². The quantitative estimate of drug-likeness (QED) is 0.424. The van der Waals surface area contributed by atoms with Crippen molar-refractivity contribution in [3.8, 4) is 16.2 Å². The molecule has 3 aromatic rings. The van der Waals surface area contributed by atoms with E-state index in [9.17, 15) is 9.59 Å². The van der Waals surface area contributed by atoms with Gasteiger partial charge in [0.2, 0.25) is 0 Å².